The van der Waals surface area contributed by atoms with Crippen LogP contribution in [0.25, 0.3) is 0 Å². The van der Waals surface area contributed by atoms with Crippen LogP contribution in [0.1, 0.15) is 65.9 Å². The number of hydrogen-bond donors (Lipinski definition) is 0. The standard InChI is InChI=1S/C16H26O3.2C2H6/c1-4-18-11-7-5-6-8-12-19-16-13-15(17-3)10-9-14(16)2;2*1-2/h9-10,13H,4-8,11-12H2,1-3H3;2*1-2H3. The quantitative estimate of drug-likeness (QED) is 0.491. The normalized spacial score (nSPS) is 9.17. The Morgan fingerprint density at radius 1 is 0.870 bits per heavy atom. The molecule has 1 aromatic rings. The van der Waals surface area contributed by atoms with Crippen LogP contribution in [0.4, 0.5) is 0 Å². The van der Waals surface area contributed by atoms with E-state index in [0.29, 0.717) is 0 Å². The second-order valence-corrected chi connectivity index (χ2v) is 4.59. The van der Waals surface area contributed by atoms with Crippen molar-refractivity contribution in [2.75, 3.05) is 26.9 Å². The van der Waals surface area contributed by atoms with E-state index in [0.717, 1.165) is 49.7 Å². The van der Waals surface area contributed by atoms with Crippen molar-refractivity contribution in [3.05, 3.63) is 23.8 Å². The van der Waals surface area contributed by atoms with Gasteiger partial charge in [0.1, 0.15) is 11.5 Å². The molecule has 0 saturated carbocycles. The number of rotatable bonds is 10. The molecule has 0 aromatic heterocycles. The summed E-state index contributed by atoms with van der Waals surface area (Å²) in [6.45, 7) is 14.5. The molecule has 3 heteroatoms. The highest BCUT2D eigenvalue weighted by atomic mass is 16.5. The lowest BCUT2D eigenvalue weighted by Crippen LogP contribution is -2.00. The number of ether oxygens (including phenoxy) is 3. The first-order valence-corrected chi connectivity index (χ1v) is 9.13. The van der Waals surface area contributed by atoms with Crippen LogP contribution >= 0.6 is 0 Å². The first-order chi connectivity index (χ1) is 11.3. The molecule has 0 amide bonds. The topological polar surface area (TPSA) is 27.7 Å². The number of unbranched alkanes of at least 4 members (excludes halogenated alkanes) is 3. The summed E-state index contributed by atoms with van der Waals surface area (Å²) in [4.78, 5) is 0. The summed E-state index contributed by atoms with van der Waals surface area (Å²) in [7, 11) is 1.67. The van der Waals surface area contributed by atoms with Gasteiger partial charge >= 0.3 is 0 Å². The van der Waals surface area contributed by atoms with Crippen LogP contribution in [-0.4, -0.2) is 26.9 Å². The molecule has 0 aliphatic carbocycles. The third kappa shape index (κ3) is 13.0. The smallest absolute Gasteiger partial charge is 0.125 e. The molecule has 1 aromatic carbocycles. The molecular formula is C20H38O3. The van der Waals surface area contributed by atoms with Gasteiger partial charge in [0.2, 0.25) is 0 Å². The fourth-order valence-electron chi connectivity index (χ4n) is 1.85. The van der Waals surface area contributed by atoms with Crippen molar-refractivity contribution in [2.24, 2.45) is 0 Å². The predicted molar refractivity (Wildman–Crippen MR) is 101 cm³/mol. The maximum Gasteiger partial charge on any atom is 0.125 e. The summed E-state index contributed by atoms with van der Waals surface area (Å²) in [5.74, 6) is 1.77. The van der Waals surface area contributed by atoms with Crippen LogP contribution in [0, 0.1) is 6.92 Å². The summed E-state index contributed by atoms with van der Waals surface area (Å²) in [5, 5.41) is 0. The average Bonchev–Trinajstić information content (AvgIpc) is 2.62. The first kappa shape index (κ1) is 24.0. The Kier molecular flexibility index (Phi) is 19.7. The van der Waals surface area contributed by atoms with Crippen molar-refractivity contribution < 1.29 is 14.2 Å². The van der Waals surface area contributed by atoms with Crippen LogP contribution in [0.15, 0.2) is 18.2 Å². The van der Waals surface area contributed by atoms with E-state index in [1.165, 1.54) is 12.8 Å². The molecule has 23 heavy (non-hydrogen) atoms. The lowest BCUT2D eigenvalue weighted by molar-refractivity contribution is 0.142. The van der Waals surface area contributed by atoms with E-state index >= 15 is 0 Å². The van der Waals surface area contributed by atoms with Gasteiger partial charge in [-0.3, -0.25) is 0 Å². The van der Waals surface area contributed by atoms with Crippen LogP contribution in [0.3, 0.4) is 0 Å². The average molecular weight is 327 g/mol. The van der Waals surface area contributed by atoms with E-state index in [-0.39, 0.29) is 0 Å². The highest BCUT2D eigenvalue weighted by molar-refractivity contribution is 5.39. The van der Waals surface area contributed by atoms with Crippen LogP contribution in [0.2, 0.25) is 0 Å². The molecule has 0 N–H and O–H groups in total. The molecule has 1 rings (SSSR count). The van der Waals surface area contributed by atoms with E-state index in [1.54, 1.807) is 7.11 Å². The zero-order valence-electron chi connectivity index (χ0n) is 16.4. The molecule has 0 radical (unpaired) electrons. The molecule has 0 aliphatic rings. The monoisotopic (exact) mass is 326 g/mol. The largest absolute Gasteiger partial charge is 0.497 e. The van der Waals surface area contributed by atoms with Crippen molar-refractivity contribution in [3.63, 3.8) is 0 Å². The summed E-state index contributed by atoms with van der Waals surface area (Å²) >= 11 is 0. The lowest BCUT2D eigenvalue weighted by atomic mass is 10.2. The van der Waals surface area contributed by atoms with Gasteiger partial charge in [0.05, 0.1) is 13.7 Å². The highest BCUT2D eigenvalue weighted by Crippen LogP contribution is 2.24. The molecular weight excluding hydrogens is 288 g/mol. The van der Waals surface area contributed by atoms with E-state index in [9.17, 15) is 0 Å². The minimum Gasteiger partial charge on any atom is -0.497 e. The summed E-state index contributed by atoms with van der Waals surface area (Å²) in [6, 6.07) is 5.93. The van der Waals surface area contributed by atoms with Gasteiger partial charge in [-0.1, -0.05) is 40.2 Å². The SMILES string of the molecule is CC.CC.CCOCCCCCCOc1cc(OC)ccc1C. The highest BCUT2D eigenvalue weighted by Gasteiger charge is 2.01. The Morgan fingerprint density at radius 3 is 2.04 bits per heavy atom. The Labute approximate surface area is 144 Å². The zero-order chi connectivity index (χ0) is 17.9. The first-order valence-electron chi connectivity index (χ1n) is 9.13. The van der Waals surface area contributed by atoms with Gasteiger partial charge < -0.3 is 14.2 Å². The molecule has 0 saturated heterocycles. The minimum atomic E-state index is 0.767. The number of hydrogen-bond acceptors (Lipinski definition) is 3. The predicted octanol–water partition coefficient (Wildman–Crippen LogP) is 6.03. The molecule has 0 aliphatic heterocycles. The zero-order valence-corrected chi connectivity index (χ0v) is 16.4. The van der Waals surface area contributed by atoms with Gasteiger partial charge in [-0.25, -0.2) is 0 Å². The van der Waals surface area contributed by atoms with Gasteiger partial charge in [0.25, 0.3) is 0 Å². The molecule has 0 spiro atoms. The Balaban J connectivity index is 0. The van der Waals surface area contributed by atoms with Crippen LogP contribution in [-0.2, 0) is 4.74 Å². The van der Waals surface area contributed by atoms with Crippen molar-refractivity contribution in [3.8, 4) is 11.5 Å². The van der Waals surface area contributed by atoms with E-state index < -0.39 is 0 Å². The minimum absolute atomic E-state index is 0.767. The summed E-state index contributed by atoms with van der Waals surface area (Å²) in [5.41, 5.74) is 1.15. The molecule has 0 bridgehead atoms. The van der Waals surface area contributed by atoms with Crippen LogP contribution < -0.4 is 9.47 Å². The second-order valence-electron chi connectivity index (χ2n) is 4.59. The van der Waals surface area contributed by atoms with Gasteiger partial charge in [-0.05, 0) is 44.7 Å². The van der Waals surface area contributed by atoms with E-state index in [1.807, 2.05) is 52.8 Å². The number of methoxy groups -OCH3 is 1. The Hall–Kier alpha value is -1.22. The van der Waals surface area contributed by atoms with Crippen molar-refractivity contribution in [2.45, 2.75) is 67.2 Å². The van der Waals surface area contributed by atoms with Gasteiger partial charge in [-0.15, -0.1) is 0 Å². The third-order valence-corrected chi connectivity index (χ3v) is 3.04. The van der Waals surface area contributed by atoms with Crippen molar-refractivity contribution in [1.29, 1.82) is 0 Å². The third-order valence-electron chi connectivity index (χ3n) is 3.04. The molecule has 136 valence electrons. The second kappa shape index (κ2) is 18.8. The number of aryl methyl sites for hydroxylation is 1. The lowest BCUT2D eigenvalue weighted by Gasteiger charge is -2.10. The molecule has 0 heterocycles. The van der Waals surface area contributed by atoms with E-state index in [4.69, 9.17) is 14.2 Å². The van der Waals surface area contributed by atoms with Crippen molar-refractivity contribution >= 4 is 0 Å². The van der Waals surface area contributed by atoms with E-state index in [2.05, 4.69) is 6.92 Å². The van der Waals surface area contributed by atoms with Gasteiger partial charge in [-0.2, -0.15) is 0 Å². The molecule has 0 atom stereocenters. The molecule has 0 unspecified atom stereocenters. The molecule has 0 fully saturated rings. The van der Waals surface area contributed by atoms with Crippen molar-refractivity contribution in [1.82, 2.24) is 0 Å². The summed E-state index contributed by atoms with van der Waals surface area (Å²) < 4.78 is 16.3. The Bertz CT molecular complexity index is 351. The van der Waals surface area contributed by atoms with Gasteiger partial charge in [0.15, 0.2) is 0 Å². The van der Waals surface area contributed by atoms with Gasteiger partial charge in [0, 0.05) is 19.3 Å². The summed E-state index contributed by atoms with van der Waals surface area (Å²) in [6.07, 6.45) is 4.63. The fourth-order valence-corrected chi connectivity index (χ4v) is 1.85. The Morgan fingerprint density at radius 2 is 1.48 bits per heavy atom. The number of benzene rings is 1. The molecule has 3 nitrogen and oxygen atoms in total. The maximum absolute atomic E-state index is 5.80. The maximum atomic E-state index is 5.80. The fraction of sp³-hybridized carbons (Fsp3) is 0.700. The van der Waals surface area contributed by atoms with Crippen LogP contribution in [0.5, 0.6) is 11.5 Å².